The van der Waals surface area contributed by atoms with E-state index in [-0.39, 0.29) is 5.41 Å². The number of aryl methyl sites for hydroxylation is 2. The van der Waals surface area contributed by atoms with Crippen LogP contribution >= 0.6 is 0 Å². The minimum Gasteiger partial charge on any atom is -0.437 e. The molecule has 4 rings (SSSR count). The van der Waals surface area contributed by atoms with Crippen molar-refractivity contribution in [3.05, 3.63) is 59.4 Å². The van der Waals surface area contributed by atoms with Gasteiger partial charge in [0.15, 0.2) is 0 Å². The number of fused-ring (bicyclic) bond motifs is 3. The largest absolute Gasteiger partial charge is 0.437 e. The molecule has 0 aliphatic rings. The molecule has 3 heterocycles. The van der Waals surface area contributed by atoms with Crippen molar-refractivity contribution >= 4 is 22.1 Å². The maximum atomic E-state index is 6.12. The summed E-state index contributed by atoms with van der Waals surface area (Å²) in [6, 6.07) is 12.5. The normalized spacial score (nSPS) is 12.2. The third kappa shape index (κ3) is 2.98. The molecule has 0 bridgehead atoms. The number of benzene rings is 1. The molecule has 3 heteroatoms. The number of nitrogens with zero attached hydrogens (tertiary/aromatic N) is 2. The predicted octanol–water partition coefficient (Wildman–Crippen LogP) is 6.25. The third-order valence-electron chi connectivity index (χ3n) is 4.72. The number of hydrogen-bond donors (Lipinski definition) is 0. The molecule has 0 fully saturated rings. The maximum Gasteiger partial charge on any atom is 0.227 e. The van der Waals surface area contributed by atoms with Crippen LogP contribution in [-0.4, -0.2) is 9.97 Å². The molecule has 1 aromatic carbocycles. The Balaban J connectivity index is 1.86. The average Bonchev–Trinajstić information content (AvgIpc) is 2.93. The molecular formula is C23H24N2O. The highest BCUT2D eigenvalue weighted by molar-refractivity contribution is 6.08. The van der Waals surface area contributed by atoms with Gasteiger partial charge in [0.05, 0.1) is 5.69 Å². The SMILES string of the molecule is Cc1ccc2c(n1)oc1c(-c3cc(C)c(CC(C)(C)C)cn3)cccc12. The number of pyridine rings is 2. The van der Waals surface area contributed by atoms with Crippen LogP contribution in [0.5, 0.6) is 0 Å². The molecule has 3 nitrogen and oxygen atoms in total. The van der Waals surface area contributed by atoms with Crippen LogP contribution in [0.2, 0.25) is 0 Å². The Morgan fingerprint density at radius 1 is 1.00 bits per heavy atom. The molecule has 132 valence electrons. The highest BCUT2D eigenvalue weighted by Gasteiger charge is 2.16. The summed E-state index contributed by atoms with van der Waals surface area (Å²) in [5.41, 5.74) is 7.28. The van der Waals surface area contributed by atoms with Gasteiger partial charge < -0.3 is 4.42 Å². The summed E-state index contributed by atoms with van der Waals surface area (Å²) in [5.74, 6) is 0. The zero-order valence-electron chi connectivity index (χ0n) is 16.1. The van der Waals surface area contributed by atoms with Crippen molar-refractivity contribution in [2.75, 3.05) is 0 Å². The second-order valence-corrected chi connectivity index (χ2v) is 8.32. The van der Waals surface area contributed by atoms with Crippen molar-refractivity contribution in [2.24, 2.45) is 5.41 Å². The van der Waals surface area contributed by atoms with Crippen LogP contribution in [0.1, 0.15) is 37.6 Å². The Morgan fingerprint density at radius 2 is 1.81 bits per heavy atom. The standard InChI is InChI=1S/C23H24N2O/c1-14-11-20(24-13-16(14)12-23(3,4)5)19-8-6-7-17-18-10-9-15(2)25-22(18)26-21(17)19/h6-11,13H,12H2,1-5H3. The number of rotatable bonds is 2. The van der Waals surface area contributed by atoms with Gasteiger partial charge in [0, 0.05) is 28.2 Å². The smallest absolute Gasteiger partial charge is 0.227 e. The van der Waals surface area contributed by atoms with E-state index in [0.29, 0.717) is 5.71 Å². The molecule has 0 saturated carbocycles. The lowest BCUT2D eigenvalue weighted by molar-refractivity contribution is 0.410. The van der Waals surface area contributed by atoms with Crippen molar-refractivity contribution in [2.45, 2.75) is 41.0 Å². The highest BCUT2D eigenvalue weighted by atomic mass is 16.3. The molecule has 0 N–H and O–H groups in total. The Kier molecular flexibility index (Phi) is 3.83. The van der Waals surface area contributed by atoms with Gasteiger partial charge in [-0.05, 0) is 61.1 Å². The van der Waals surface area contributed by atoms with Crippen LogP contribution in [0.25, 0.3) is 33.3 Å². The van der Waals surface area contributed by atoms with Gasteiger partial charge in [0.25, 0.3) is 0 Å². The highest BCUT2D eigenvalue weighted by Crippen LogP contribution is 2.35. The Bertz CT molecular complexity index is 1120. The lowest BCUT2D eigenvalue weighted by Crippen LogP contribution is -2.10. The van der Waals surface area contributed by atoms with Crippen molar-refractivity contribution < 1.29 is 4.42 Å². The predicted molar refractivity (Wildman–Crippen MR) is 107 cm³/mol. The minimum atomic E-state index is 0.246. The summed E-state index contributed by atoms with van der Waals surface area (Å²) >= 11 is 0. The van der Waals surface area contributed by atoms with E-state index < -0.39 is 0 Å². The molecule has 26 heavy (non-hydrogen) atoms. The molecule has 3 aromatic heterocycles. The van der Waals surface area contributed by atoms with Gasteiger partial charge in [-0.1, -0.05) is 32.9 Å². The molecule has 0 aliphatic heterocycles. The zero-order chi connectivity index (χ0) is 18.5. The molecule has 0 radical (unpaired) electrons. The Morgan fingerprint density at radius 3 is 2.54 bits per heavy atom. The first-order valence-electron chi connectivity index (χ1n) is 9.07. The lowest BCUT2D eigenvalue weighted by atomic mass is 9.87. The fourth-order valence-electron chi connectivity index (χ4n) is 3.46. The van der Waals surface area contributed by atoms with Gasteiger partial charge in [-0.3, -0.25) is 4.98 Å². The van der Waals surface area contributed by atoms with E-state index in [4.69, 9.17) is 9.40 Å². The van der Waals surface area contributed by atoms with Gasteiger partial charge in [-0.25, -0.2) is 4.98 Å². The van der Waals surface area contributed by atoms with Gasteiger partial charge in [0.2, 0.25) is 5.71 Å². The summed E-state index contributed by atoms with van der Waals surface area (Å²) in [4.78, 5) is 9.28. The summed E-state index contributed by atoms with van der Waals surface area (Å²) in [5, 5.41) is 2.14. The molecule has 0 unspecified atom stereocenters. The van der Waals surface area contributed by atoms with Crippen LogP contribution in [0, 0.1) is 19.3 Å². The molecular weight excluding hydrogens is 320 g/mol. The van der Waals surface area contributed by atoms with Crippen LogP contribution in [0.3, 0.4) is 0 Å². The number of hydrogen-bond acceptors (Lipinski definition) is 3. The molecule has 0 spiro atoms. The van der Waals surface area contributed by atoms with Crippen LogP contribution in [-0.2, 0) is 6.42 Å². The molecule has 4 aromatic rings. The maximum absolute atomic E-state index is 6.12. The van der Waals surface area contributed by atoms with Crippen molar-refractivity contribution in [3.8, 4) is 11.3 Å². The first-order valence-corrected chi connectivity index (χ1v) is 9.07. The topological polar surface area (TPSA) is 38.9 Å². The van der Waals surface area contributed by atoms with Crippen molar-refractivity contribution in [1.82, 2.24) is 9.97 Å². The molecule has 0 saturated heterocycles. The zero-order valence-corrected chi connectivity index (χ0v) is 16.1. The molecule has 0 aliphatic carbocycles. The van der Waals surface area contributed by atoms with Gasteiger partial charge in [-0.2, -0.15) is 0 Å². The fraction of sp³-hybridized carbons (Fsp3) is 0.304. The summed E-state index contributed by atoms with van der Waals surface area (Å²) in [6.07, 6.45) is 3.03. The van der Waals surface area contributed by atoms with E-state index in [2.05, 4.69) is 63.0 Å². The Hall–Kier alpha value is -2.68. The number of furan rings is 1. The second-order valence-electron chi connectivity index (χ2n) is 8.32. The lowest BCUT2D eigenvalue weighted by Gasteiger charge is -2.19. The summed E-state index contributed by atoms with van der Waals surface area (Å²) in [6.45, 7) is 10.9. The van der Waals surface area contributed by atoms with Crippen molar-refractivity contribution in [3.63, 3.8) is 0 Å². The Labute approximate surface area is 154 Å². The van der Waals surface area contributed by atoms with E-state index in [0.717, 1.165) is 39.7 Å². The van der Waals surface area contributed by atoms with E-state index in [1.54, 1.807) is 0 Å². The number of aromatic nitrogens is 2. The first kappa shape index (κ1) is 16.8. The molecule has 0 atom stereocenters. The average molecular weight is 344 g/mol. The summed E-state index contributed by atoms with van der Waals surface area (Å²) < 4.78 is 6.12. The van der Waals surface area contributed by atoms with Crippen molar-refractivity contribution in [1.29, 1.82) is 0 Å². The third-order valence-corrected chi connectivity index (χ3v) is 4.72. The van der Waals surface area contributed by atoms with Gasteiger partial charge >= 0.3 is 0 Å². The van der Waals surface area contributed by atoms with E-state index in [1.807, 2.05) is 19.2 Å². The second kappa shape index (κ2) is 5.94. The van der Waals surface area contributed by atoms with Crippen LogP contribution < -0.4 is 0 Å². The monoisotopic (exact) mass is 344 g/mol. The molecule has 0 amide bonds. The van der Waals surface area contributed by atoms with E-state index in [9.17, 15) is 0 Å². The first-order chi connectivity index (χ1) is 12.3. The van der Waals surface area contributed by atoms with Gasteiger partial charge in [0.1, 0.15) is 5.58 Å². The summed E-state index contributed by atoms with van der Waals surface area (Å²) in [7, 11) is 0. The fourth-order valence-corrected chi connectivity index (χ4v) is 3.46. The van der Waals surface area contributed by atoms with E-state index in [1.165, 1.54) is 11.1 Å². The number of para-hydroxylation sites is 1. The minimum absolute atomic E-state index is 0.246. The van der Waals surface area contributed by atoms with Gasteiger partial charge in [-0.15, -0.1) is 0 Å². The van der Waals surface area contributed by atoms with E-state index >= 15 is 0 Å². The van der Waals surface area contributed by atoms with Crippen LogP contribution in [0.15, 0.2) is 47.0 Å². The van der Waals surface area contributed by atoms with Crippen LogP contribution in [0.4, 0.5) is 0 Å². The quantitative estimate of drug-likeness (QED) is 0.431.